The maximum absolute atomic E-state index is 13.7. The normalized spacial score (nSPS) is 12.6. The van der Waals surface area contributed by atoms with Gasteiger partial charge in [0.1, 0.15) is 10.8 Å². The second-order valence-electron chi connectivity index (χ2n) is 6.24. The Bertz CT molecular complexity index is 1080. The maximum Gasteiger partial charge on any atom is 0.251 e. The molecule has 0 unspecified atom stereocenters. The Morgan fingerprint density at radius 3 is 2.83 bits per heavy atom. The van der Waals surface area contributed by atoms with E-state index in [4.69, 9.17) is 5.73 Å². The summed E-state index contributed by atoms with van der Waals surface area (Å²) in [6, 6.07) is 6.27. The predicted octanol–water partition coefficient (Wildman–Crippen LogP) is 3.80. The number of hydrogen-bond donors (Lipinski definition) is 3. The monoisotopic (exact) mass is 449 g/mol. The Kier molecular flexibility index (Phi) is 5.79. The number of primary amides is 1. The van der Waals surface area contributed by atoms with Crippen molar-refractivity contribution in [2.75, 3.05) is 16.4 Å². The van der Waals surface area contributed by atoms with E-state index in [1.54, 1.807) is 18.2 Å². The first-order valence-corrected chi connectivity index (χ1v) is 11.3. The minimum absolute atomic E-state index is 0.106. The van der Waals surface area contributed by atoms with Gasteiger partial charge >= 0.3 is 0 Å². The fourth-order valence-electron chi connectivity index (χ4n) is 3.04. The van der Waals surface area contributed by atoms with Crippen LogP contribution in [0, 0.1) is 5.82 Å². The van der Waals surface area contributed by atoms with Gasteiger partial charge in [-0.15, -0.1) is 21.5 Å². The average Bonchev–Trinajstić information content (AvgIpc) is 3.37. The summed E-state index contributed by atoms with van der Waals surface area (Å²) < 4.78 is 14.3. The van der Waals surface area contributed by atoms with Crippen molar-refractivity contribution in [1.29, 1.82) is 0 Å². The van der Waals surface area contributed by atoms with Crippen LogP contribution in [-0.2, 0) is 17.6 Å². The minimum Gasteiger partial charge on any atom is -0.365 e. The largest absolute Gasteiger partial charge is 0.365 e. The Hall–Kier alpha value is -2.50. The summed E-state index contributed by atoms with van der Waals surface area (Å²) in [7, 11) is 0. The van der Waals surface area contributed by atoms with Crippen molar-refractivity contribution in [3.05, 3.63) is 46.1 Å². The SMILES string of the molecule is NC(=O)c1c(NC(=O)CSc2nnc(Nc3ccccc3F)s2)sc2c1CCC2. The molecule has 1 aliphatic rings. The molecule has 150 valence electrons. The Morgan fingerprint density at radius 1 is 1.21 bits per heavy atom. The molecule has 4 N–H and O–H groups in total. The van der Waals surface area contributed by atoms with Gasteiger partial charge in [0, 0.05) is 4.88 Å². The highest BCUT2D eigenvalue weighted by molar-refractivity contribution is 8.01. The van der Waals surface area contributed by atoms with Crippen LogP contribution in [0.4, 0.5) is 20.2 Å². The lowest BCUT2D eigenvalue weighted by molar-refractivity contribution is -0.113. The highest BCUT2D eigenvalue weighted by atomic mass is 32.2. The number of thioether (sulfide) groups is 1. The fraction of sp³-hybridized carbons (Fsp3) is 0.222. The van der Waals surface area contributed by atoms with E-state index in [-0.39, 0.29) is 17.5 Å². The number of carbonyl (C=O) groups excluding carboxylic acids is 2. The van der Waals surface area contributed by atoms with Crippen LogP contribution in [0.25, 0.3) is 0 Å². The molecule has 0 aliphatic heterocycles. The molecule has 4 rings (SSSR count). The molecule has 0 saturated heterocycles. The molecule has 1 aliphatic carbocycles. The summed E-state index contributed by atoms with van der Waals surface area (Å²) in [6.07, 6.45) is 2.73. The molecule has 7 nitrogen and oxygen atoms in total. The molecule has 0 spiro atoms. The summed E-state index contributed by atoms with van der Waals surface area (Å²) in [6.45, 7) is 0. The van der Waals surface area contributed by atoms with Gasteiger partial charge in [0.15, 0.2) is 4.34 Å². The second-order valence-corrected chi connectivity index (χ2v) is 9.55. The molecular weight excluding hydrogens is 433 g/mol. The smallest absolute Gasteiger partial charge is 0.251 e. The number of benzene rings is 1. The van der Waals surface area contributed by atoms with E-state index in [1.165, 1.54) is 40.5 Å². The number of para-hydroxylation sites is 1. The molecule has 0 fully saturated rings. The minimum atomic E-state index is -0.514. The topological polar surface area (TPSA) is 110 Å². The number of aromatic nitrogens is 2. The van der Waals surface area contributed by atoms with Gasteiger partial charge < -0.3 is 16.4 Å². The quantitative estimate of drug-likeness (QED) is 0.473. The summed E-state index contributed by atoms with van der Waals surface area (Å²) in [5.41, 5.74) is 7.23. The number of nitrogens with one attached hydrogen (secondary N) is 2. The van der Waals surface area contributed by atoms with Gasteiger partial charge in [-0.3, -0.25) is 9.59 Å². The zero-order chi connectivity index (χ0) is 20.4. The van der Waals surface area contributed by atoms with E-state index in [0.717, 1.165) is 29.7 Å². The third-order valence-electron chi connectivity index (χ3n) is 4.27. The van der Waals surface area contributed by atoms with Crippen LogP contribution >= 0.6 is 34.4 Å². The van der Waals surface area contributed by atoms with Gasteiger partial charge in [-0.05, 0) is 37.0 Å². The Morgan fingerprint density at radius 2 is 2.03 bits per heavy atom. The number of nitrogens with zero attached hydrogens (tertiary/aromatic N) is 2. The molecule has 3 aromatic rings. The molecule has 0 bridgehead atoms. The van der Waals surface area contributed by atoms with Crippen LogP contribution < -0.4 is 16.4 Å². The molecule has 11 heteroatoms. The highest BCUT2D eigenvalue weighted by Gasteiger charge is 2.26. The van der Waals surface area contributed by atoms with Gasteiger partial charge in [-0.1, -0.05) is 35.2 Å². The van der Waals surface area contributed by atoms with Crippen LogP contribution in [0.1, 0.15) is 27.2 Å². The molecular formula is C18H16FN5O2S3. The number of halogens is 1. The molecule has 0 atom stereocenters. The number of rotatable bonds is 7. The first kappa shape index (κ1) is 19.8. The highest BCUT2D eigenvalue weighted by Crippen LogP contribution is 2.39. The lowest BCUT2D eigenvalue weighted by Crippen LogP contribution is -2.18. The van der Waals surface area contributed by atoms with Gasteiger partial charge in [-0.2, -0.15) is 0 Å². The van der Waals surface area contributed by atoms with Crippen molar-refractivity contribution >= 4 is 62.1 Å². The third-order valence-corrected chi connectivity index (χ3v) is 7.45. The molecule has 2 heterocycles. The number of aryl methyl sites for hydroxylation is 1. The molecule has 2 amide bonds. The van der Waals surface area contributed by atoms with Crippen molar-refractivity contribution in [2.45, 2.75) is 23.6 Å². The zero-order valence-electron chi connectivity index (χ0n) is 15.0. The number of hydrogen-bond acceptors (Lipinski definition) is 8. The first-order chi connectivity index (χ1) is 14.0. The number of carbonyl (C=O) groups is 2. The van der Waals surface area contributed by atoms with Crippen molar-refractivity contribution in [2.24, 2.45) is 5.73 Å². The lowest BCUT2D eigenvalue weighted by Gasteiger charge is -2.05. The maximum atomic E-state index is 13.7. The van der Waals surface area contributed by atoms with Crippen LogP contribution in [0.2, 0.25) is 0 Å². The standard InChI is InChI=1S/C18H16FN5O2S3/c19-10-5-1-2-6-11(10)21-17-23-24-18(29-17)27-8-13(25)22-16-14(15(20)26)9-4-3-7-12(9)28-16/h1-2,5-6H,3-4,7-8H2,(H2,20,26)(H,21,23)(H,22,25). The molecule has 1 aromatic carbocycles. The summed E-state index contributed by atoms with van der Waals surface area (Å²) in [4.78, 5) is 25.3. The summed E-state index contributed by atoms with van der Waals surface area (Å²) in [5, 5.41) is 14.6. The predicted molar refractivity (Wildman–Crippen MR) is 114 cm³/mol. The molecule has 29 heavy (non-hydrogen) atoms. The molecule has 0 saturated carbocycles. The zero-order valence-corrected chi connectivity index (χ0v) is 17.5. The van der Waals surface area contributed by atoms with Crippen LogP contribution in [-0.4, -0.2) is 27.8 Å². The van der Waals surface area contributed by atoms with Crippen LogP contribution in [0.5, 0.6) is 0 Å². The van der Waals surface area contributed by atoms with Crippen LogP contribution in [0.15, 0.2) is 28.6 Å². The average molecular weight is 450 g/mol. The van der Waals surface area contributed by atoms with E-state index in [9.17, 15) is 14.0 Å². The van der Waals surface area contributed by atoms with E-state index < -0.39 is 5.91 Å². The van der Waals surface area contributed by atoms with E-state index in [1.807, 2.05) is 0 Å². The number of amides is 2. The van der Waals surface area contributed by atoms with Crippen molar-refractivity contribution in [3.8, 4) is 0 Å². The van der Waals surface area contributed by atoms with Crippen molar-refractivity contribution < 1.29 is 14.0 Å². The lowest BCUT2D eigenvalue weighted by atomic mass is 10.1. The first-order valence-electron chi connectivity index (χ1n) is 8.73. The van der Waals surface area contributed by atoms with Gasteiger partial charge in [-0.25, -0.2) is 4.39 Å². The summed E-state index contributed by atoms with van der Waals surface area (Å²) >= 11 is 3.86. The van der Waals surface area contributed by atoms with E-state index >= 15 is 0 Å². The van der Waals surface area contributed by atoms with Crippen LogP contribution in [0.3, 0.4) is 0 Å². The van der Waals surface area contributed by atoms with Gasteiger partial charge in [0.2, 0.25) is 11.0 Å². The number of thiophene rings is 1. The van der Waals surface area contributed by atoms with E-state index in [0.29, 0.717) is 25.7 Å². The number of fused-ring (bicyclic) bond motifs is 1. The van der Waals surface area contributed by atoms with E-state index in [2.05, 4.69) is 20.8 Å². The van der Waals surface area contributed by atoms with Crippen molar-refractivity contribution in [3.63, 3.8) is 0 Å². The molecule has 2 aromatic heterocycles. The summed E-state index contributed by atoms with van der Waals surface area (Å²) in [5.74, 6) is -1.05. The van der Waals surface area contributed by atoms with Gasteiger partial charge in [0.05, 0.1) is 17.0 Å². The Labute approximate surface area is 177 Å². The number of anilines is 3. The second kappa shape index (κ2) is 8.47. The Balaban J connectivity index is 1.36. The van der Waals surface area contributed by atoms with Crippen molar-refractivity contribution in [1.82, 2.24) is 10.2 Å². The fourth-order valence-corrected chi connectivity index (χ4v) is 5.91. The third kappa shape index (κ3) is 4.41. The van der Waals surface area contributed by atoms with Gasteiger partial charge in [0.25, 0.3) is 5.91 Å². The molecule has 0 radical (unpaired) electrons. The number of nitrogens with two attached hydrogens (primary N) is 1.